The van der Waals surface area contributed by atoms with Gasteiger partial charge in [0.2, 0.25) is 11.0 Å². The summed E-state index contributed by atoms with van der Waals surface area (Å²) in [5.74, 6) is 0.603. The third-order valence-corrected chi connectivity index (χ3v) is 6.01. The molecule has 0 aliphatic carbocycles. The molecule has 140 valence electrons. The van der Waals surface area contributed by atoms with E-state index in [2.05, 4.69) is 46.8 Å². The fourth-order valence-electron chi connectivity index (χ4n) is 2.27. The van der Waals surface area contributed by atoms with Crippen molar-refractivity contribution >= 4 is 57.1 Å². The average Bonchev–Trinajstić information content (AvgIpc) is 3.10. The molecule has 0 unspecified atom stereocenters. The summed E-state index contributed by atoms with van der Waals surface area (Å²) < 4.78 is 0.727. The predicted molar refractivity (Wildman–Crippen MR) is 115 cm³/mol. The highest BCUT2D eigenvalue weighted by Crippen LogP contribution is 2.28. The molecule has 27 heavy (non-hydrogen) atoms. The summed E-state index contributed by atoms with van der Waals surface area (Å²) in [6.07, 6.45) is 0. The van der Waals surface area contributed by atoms with Crippen LogP contribution in [-0.2, 0) is 4.79 Å². The Morgan fingerprint density at radius 2 is 1.89 bits per heavy atom. The molecule has 0 aliphatic heterocycles. The zero-order valence-corrected chi connectivity index (χ0v) is 17.3. The second-order valence-corrected chi connectivity index (χ2v) is 8.70. The van der Waals surface area contributed by atoms with Crippen LogP contribution in [0.4, 0.5) is 16.5 Å². The van der Waals surface area contributed by atoms with E-state index in [1.165, 1.54) is 28.7 Å². The van der Waals surface area contributed by atoms with Crippen LogP contribution in [-0.4, -0.2) is 21.9 Å². The van der Waals surface area contributed by atoms with E-state index in [1.54, 1.807) is 12.1 Å². The van der Waals surface area contributed by atoms with Gasteiger partial charge >= 0.3 is 0 Å². The number of carbonyl (C=O) groups excluding carboxylic acids is 1. The van der Waals surface area contributed by atoms with Crippen LogP contribution in [0.15, 0.2) is 52.9 Å². The van der Waals surface area contributed by atoms with E-state index in [4.69, 9.17) is 11.6 Å². The Kier molecular flexibility index (Phi) is 6.71. The van der Waals surface area contributed by atoms with E-state index in [0.717, 1.165) is 10.0 Å². The van der Waals surface area contributed by atoms with Crippen molar-refractivity contribution in [1.82, 2.24) is 10.2 Å². The molecule has 3 aromatic rings. The van der Waals surface area contributed by atoms with Gasteiger partial charge in [-0.05, 0) is 35.7 Å². The lowest BCUT2D eigenvalue weighted by Crippen LogP contribution is -2.14. The van der Waals surface area contributed by atoms with E-state index in [1.807, 2.05) is 24.3 Å². The first-order valence-electron chi connectivity index (χ1n) is 8.39. The molecular weight excluding hydrogens is 400 g/mol. The highest BCUT2D eigenvalue weighted by molar-refractivity contribution is 8.01. The Hall–Kier alpha value is -2.09. The first kappa shape index (κ1) is 19.7. The van der Waals surface area contributed by atoms with Crippen LogP contribution >= 0.6 is 34.7 Å². The van der Waals surface area contributed by atoms with Gasteiger partial charge in [0.1, 0.15) is 0 Å². The number of carbonyl (C=O) groups is 1. The monoisotopic (exact) mass is 418 g/mol. The lowest BCUT2D eigenvalue weighted by molar-refractivity contribution is -0.113. The van der Waals surface area contributed by atoms with Gasteiger partial charge in [0.05, 0.1) is 16.5 Å². The largest absolute Gasteiger partial charge is 0.330 e. The van der Waals surface area contributed by atoms with Crippen molar-refractivity contribution in [3.63, 3.8) is 0 Å². The van der Waals surface area contributed by atoms with E-state index in [9.17, 15) is 4.79 Å². The van der Waals surface area contributed by atoms with Gasteiger partial charge in [-0.15, -0.1) is 10.2 Å². The molecule has 0 aliphatic rings. The van der Waals surface area contributed by atoms with Gasteiger partial charge in [-0.3, -0.25) is 4.79 Å². The van der Waals surface area contributed by atoms with Gasteiger partial charge in [-0.25, -0.2) is 0 Å². The molecule has 3 rings (SSSR count). The van der Waals surface area contributed by atoms with Crippen molar-refractivity contribution in [2.24, 2.45) is 0 Å². The van der Waals surface area contributed by atoms with Crippen molar-refractivity contribution in [1.29, 1.82) is 0 Å². The van der Waals surface area contributed by atoms with E-state index in [-0.39, 0.29) is 11.7 Å². The minimum Gasteiger partial charge on any atom is -0.330 e. The van der Waals surface area contributed by atoms with Gasteiger partial charge in [-0.1, -0.05) is 72.8 Å². The number of benzene rings is 2. The van der Waals surface area contributed by atoms with Gasteiger partial charge in [-0.2, -0.15) is 0 Å². The molecule has 0 saturated carbocycles. The number of para-hydroxylation sites is 1. The second kappa shape index (κ2) is 9.21. The zero-order valence-electron chi connectivity index (χ0n) is 14.9. The normalized spacial score (nSPS) is 10.8. The van der Waals surface area contributed by atoms with Crippen LogP contribution in [0.1, 0.15) is 25.3 Å². The van der Waals surface area contributed by atoms with Crippen LogP contribution in [0.25, 0.3) is 0 Å². The van der Waals surface area contributed by atoms with Crippen molar-refractivity contribution in [2.45, 2.75) is 24.1 Å². The van der Waals surface area contributed by atoms with Crippen LogP contribution < -0.4 is 10.6 Å². The molecule has 1 amide bonds. The third kappa shape index (κ3) is 5.69. The zero-order chi connectivity index (χ0) is 19.2. The van der Waals surface area contributed by atoms with Gasteiger partial charge in [0.25, 0.3) is 0 Å². The number of hydrogen-bond donors (Lipinski definition) is 2. The smallest absolute Gasteiger partial charge is 0.234 e. The Bertz CT molecular complexity index is 912. The summed E-state index contributed by atoms with van der Waals surface area (Å²) in [6.45, 7) is 4.33. The number of amides is 1. The summed E-state index contributed by atoms with van der Waals surface area (Å²) in [4.78, 5) is 12.1. The summed E-state index contributed by atoms with van der Waals surface area (Å²) in [5, 5.41) is 15.5. The molecule has 2 N–H and O–H groups in total. The molecule has 0 fully saturated rings. The third-order valence-electron chi connectivity index (χ3n) is 3.71. The minimum absolute atomic E-state index is 0.137. The maximum absolute atomic E-state index is 12.1. The standard InChI is InChI=1S/C19H19ClN4OS2/c1-12(2)13-7-9-14(10-8-13)21-18-23-24-19(27-18)26-11-17(25)22-16-6-4-3-5-15(16)20/h3-10,12H,11H2,1-2H3,(H,21,23)(H,22,25). The lowest BCUT2D eigenvalue weighted by atomic mass is 10.0. The van der Waals surface area contributed by atoms with E-state index < -0.39 is 0 Å². The molecular formula is C19H19ClN4OS2. The van der Waals surface area contributed by atoms with Crippen molar-refractivity contribution in [3.05, 3.63) is 59.1 Å². The molecule has 8 heteroatoms. The number of anilines is 3. The fraction of sp³-hybridized carbons (Fsp3) is 0.211. The summed E-state index contributed by atoms with van der Waals surface area (Å²) >= 11 is 8.80. The van der Waals surface area contributed by atoms with E-state index in [0.29, 0.717) is 21.8 Å². The highest BCUT2D eigenvalue weighted by Gasteiger charge is 2.10. The topological polar surface area (TPSA) is 66.9 Å². The second-order valence-electron chi connectivity index (χ2n) is 6.09. The lowest BCUT2D eigenvalue weighted by Gasteiger charge is -2.07. The Labute approximate surface area is 171 Å². The summed E-state index contributed by atoms with van der Waals surface area (Å²) in [6, 6.07) is 15.4. The molecule has 0 radical (unpaired) electrons. The minimum atomic E-state index is -0.137. The van der Waals surface area contributed by atoms with Crippen LogP contribution in [0, 0.1) is 0 Å². The molecule has 0 bridgehead atoms. The van der Waals surface area contributed by atoms with Gasteiger partial charge < -0.3 is 10.6 Å². The van der Waals surface area contributed by atoms with Crippen molar-refractivity contribution in [3.8, 4) is 0 Å². The quantitative estimate of drug-likeness (QED) is 0.475. The molecule has 1 heterocycles. The summed E-state index contributed by atoms with van der Waals surface area (Å²) in [7, 11) is 0. The Morgan fingerprint density at radius 1 is 1.15 bits per heavy atom. The molecule has 0 atom stereocenters. The number of aromatic nitrogens is 2. The fourth-order valence-corrected chi connectivity index (χ4v) is 4.02. The van der Waals surface area contributed by atoms with E-state index >= 15 is 0 Å². The molecule has 0 spiro atoms. The number of nitrogens with zero attached hydrogens (tertiary/aromatic N) is 2. The SMILES string of the molecule is CC(C)c1ccc(Nc2nnc(SCC(=O)Nc3ccccc3Cl)s2)cc1. The number of rotatable bonds is 7. The van der Waals surface area contributed by atoms with Gasteiger partial charge in [0.15, 0.2) is 4.34 Å². The number of halogens is 1. The molecule has 5 nitrogen and oxygen atoms in total. The van der Waals surface area contributed by atoms with Crippen molar-refractivity contribution < 1.29 is 4.79 Å². The maximum atomic E-state index is 12.1. The average molecular weight is 419 g/mol. The summed E-state index contributed by atoms with van der Waals surface area (Å²) in [5.41, 5.74) is 2.86. The van der Waals surface area contributed by atoms with Gasteiger partial charge in [0, 0.05) is 5.69 Å². The predicted octanol–water partition coefficient (Wildman–Crippen LogP) is 5.79. The maximum Gasteiger partial charge on any atom is 0.234 e. The van der Waals surface area contributed by atoms with Crippen LogP contribution in [0.3, 0.4) is 0 Å². The number of thioether (sulfide) groups is 1. The number of nitrogens with one attached hydrogen (secondary N) is 2. The first-order valence-corrected chi connectivity index (χ1v) is 10.6. The van der Waals surface area contributed by atoms with Crippen LogP contribution in [0.2, 0.25) is 5.02 Å². The first-order chi connectivity index (χ1) is 13.0. The van der Waals surface area contributed by atoms with Crippen molar-refractivity contribution in [2.75, 3.05) is 16.4 Å². The Balaban J connectivity index is 1.52. The number of hydrogen-bond acceptors (Lipinski definition) is 6. The molecule has 1 aromatic heterocycles. The Morgan fingerprint density at radius 3 is 2.59 bits per heavy atom. The molecule has 2 aromatic carbocycles. The van der Waals surface area contributed by atoms with Crippen LogP contribution in [0.5, 0.6) is 0 Å². The highest BCUT2D eigenvalue weighted by atomic mass is 35.5. The molecule has 0 saturated heterocycles.